The lowest BCUT2D eigenvalue weighted by Crippen LogP contribution is -2.37. The van der Waals surface area contributed by atoms with E-state index < -0.39 is 11.9 Å². The van der Waals surface area contributed by atoms with Crippen LogP contribution in [0.3, 0.4) is 0 Å². The number of hydrogen-bond donors (Lipinski definition) is 1. The van der Waals surface area contributed by atoms with Gasteiger partial charge >= 0.3 is 0 Å². The fourth-order valence-electron chi connectivity index (χ4n) is 2.45. The van der Waals surface area contributed by atoms with Crippen molar-refractivity contribution in [2.24, 2.45) is 5.92 Å². The molecule has 1 N–H and O–H groups in total. The van der Waals surface area contributed by atoms with Crippen molar-refractivity contribution in [3.8, 4) is 0 Å². The third kappa shape index (κ3) is 2.79. The zero-order chi connectivity index (χ0) is 15.7. The number of pyridine rings is 1. The van der Waals surface area contributed by atoms with Crippen molar-refractivity contribution in [1.29, 1.82) is 0 Å². The summed E-state index contributed by atoms with van der Waals surface area (Å²) in [5.74, 6) is -1.43. The monoisotopic (exact) mass is 327 g/mol. The summed E-state index contributed by atoms with van der Waals surface area (Å²) in [6.07, 6.45) is 1.37. The molecule has 3 heterocycles. The molecule has 1 aliphatic heterocycles. The van der Waals surface area contributed by atoms with Crippen molar-refractivity contribution in [2.45, 2.75) is 0 Å². The lowest BCUT2D eigenvalue weighted by Gasteiger charge is -2.21. The summed E-state index contributed by atoms with van der Waals surface area (Å²) in [6, 6.07) is 3.13. The van der Waals surface area contributed by atoms with Crippen LogP contribution in [-0.4, -0.2) is 58.2 Å². The lowest BCUT2D eigenvalue weighted by atomic mass is 10.1. The Morgan fingerprint density at radius 3 is 3.14 bits per heavy atom. The van der Waals surface area contributed by atoms with E-state index in [-0.39, 0.29) is 18.2 Å². The molecule has 1 atom stereocenters. The summed E-state index contributed by atoms with van der Waals surface area (Å²) in [6.45, 7) is 1.28. The predicted molar refractivity (Wildman–Crippen MR) is 77.5 cm³/mol. The first-order chi connectivity index (χ1) is 10.6. The summed E-state index contributed by atoms with van der Waals surface area (Å²) in [7, 11) is 0. The zero-order valence-electron chi connectivity index (χ0n) is 11.7. The number of halogens is 2. The Bertz CT molecular complexity index is 706. The molecule has 1 saturated heterocycles. The van der Waals surface area contributed by atoms with Crippen LogP contribution in [0.25, 0.3) is 5.65 Å². The molecule has 1 amide bonds. The molecule has 8 heteroatoms. The van der Waals surface area contributed by atoms with Gasteiger partial charge in [-0.25, -0.2) is 4.98 Å². The number of nitrogens with zero attached hydrogens (tertiary/aromatic N) is 3. The number of aliphatic hydroxyl groups excluding tert-OH is 1. The van der Waals surface area contributed by atoms with Crippen LogP contribution in [0, 0.1) is 11.9 Å². The lowest BCUT2D eigenvalue weighted by molar-refractivity contribution is 0.0717. The van der Waals surface area contributed by atoms with Crippen LogP contribution in [-0.2, 0) is 4.74 Å². The van der Waals surface area contributed by atoms with Crippen LogP contribution >= 0.6 is 11.6 Å². The Morgan fingerprint density at radius 2 is 2.36 bits per heavy atom. The number of hydrogen-bond acceptors (Lipinski definition) is 4. The van der Waals surface area contributed by atoms with E-state index in [0.29, 0.717) is 37.0 Å². The average Bonchev–Trinajstić information content (AvgIpc) is 2.71. The molecular formula is C14H15ClFN3O3. The quantitative estimate of drug-likeness (QED) is 0.900. The molecule has 0 aromatic carbocycles. The molecule has 2 aromatic rings. The molecule has 0 aliphatic carbocycles. The average molecular weight is 328 g/mol. The Hall–Kier alpha value is -1.70. The number of carbonyl (C=O) groups is 1. The molecule has 0 unspecified atom stereocenters. The van der Waals surface area contributed by atoms with Crippen molar-refractivity contribution in [3.63, 3.8) is 0 Å². The Morgan fingerprint density at radius 1 is 1.55 bits per heavy atom. The van der Waals surface area contributed by atoms with Gasteiger partial charge in [-0.2, -0.15) is 4.39 Å². The number of rotatable bonds is 2. The first kappa shape index (κ1) is 15.2. The van der Waals surface area contributed by atoms with Crippen molar-refractivity contribution in [3.05, 3.63) is 35.0 Å². The number of imidazole rings is 1. The van der Waals surface area contributed by atoms with Gasteiger partial charge in [0, 0.05) is 31.8 Å². The normalized spacial score (nSPS) is 19.4. The van der Waals surface area contributed by atoms with Crippen molar-refractivity contribution < 1.29 is 19.0 Å². The number of carbonyl (C=O) groups excluding carboxylic acids is 1. The van der Waals surface area contributed by atoms with Gasteiger partial charge in [0.15, 0.2) is 5.69 Å². The Kier molecular flexibility index (Phi) is 4.28. The molecule has 2 aromatic heterocycles. The van der Waals surface area contributed by atoms with Crippen molar-refractivity contribution >= 4 is 23.2 Å². The molecule has 0 bridgehead atoms. The summed E-state index contributed by atoms with van der Waals surface area (Å²) in [5, 5.41) is 9.61. The predicted octanol–water partition coefficient (Wildman–Crippen LogP) is 1.21. The molecule has 0 spiro atoms. The number of aromatic nitrogens is 2. The number of ether oxygens (including phenoxy) is 1. The fraction of sp³-hybridized carbons (Fsp3) is 0.429. The third-order valence-electron chi connectivity index (χ3n) is 3.61. The summed E-state index contributed by atoms with van der Waals surface area (Å²) in [5.41, 5.74) is 0.0656. The third-order valence-corrected chi connectivity index (χ3v) is 3.83. The van der Waals surface area contributed by atoms with E-state index in [1.807, 2.05) is 0 Å². The number of fused-ring (bicyclic) bond motifs is 1. The zero-order valence-corrected chi connectivity index (χ0v) is 12.5. The molecule has 1 aliphatic rings. The van der Waals surface area contributed by atoms with Gasteiger partial charge in [0.05, 0.1) is 18.2 Å². The highest BCUT2D eigenvalue weighted by molar-refractivity contribution is 6.30. The van der Waals surface area contributed by atoms with Crippen LogP contribution in [0.5, 0.6) is 0 Å². The van der Waals surface area contributed by atoms with E-state index in [1.54, 1.807) is 12.1 Å². The Balaban J connectivity index is 1.92. The van der Waals surface area contributed by atoms with E-state index in [2.05, 4.69) is 4.98 Å². The minimum absolute atomic E-state index is 0.0902. The van der Waals surface area contributed by atoms with Crippen molar-refractivity contribution in [1.82, 2.24) is 14.3 Å². The molecule has 3 rings (SSSR count). The fourth-order valence-corrected chi connectivity index (χ4v) is 2.61. The SMILES string of the molecule is O=C(c1nc2ccc(Cl)cn2c1F)N1CCOC[C@H](CO)C1. The van der Waals surface area contributed by atoms with Crippen LogP contribution in [0.2, 0.25) is 5.02 Å². The van der Waals surface area contributed by atoms with Gasteiger partial charge < -0.3 is 14.7 Å². The van der Waals surface area contributed by atoms with Gasteiger partial charge in [-0.15, -0.1) is 0 Å². The second-order valence-corrected chi connectivity index (χ2v) is 5.64. The maximum atomic E-state index is 14.4. The van der Waals surface area contributed by atoms with E-state index in [9.17, 15) is 14.3 Å². The minimum atomic E-state index is -0.742. The second-order valence-electron chi connectivity index (χ2n) is 5.20. The topological polar surface area (TPSA) is 67.1 Å². The molecule has 118 valence electrons. The van der Waals surface area contributed by atoms with Gasteiger partial charge in [0.2, 0.25) is 5.95 Å². The number of aliphatic hydroxyl groups is 1. The van der Waals surface area contributed by atoms with Crippen molar-refractivity contribution in [2.75, 3.05) is 32.9 Å². The minimum Gasteiger partial charge on any atom is -0.396 e. The standard InChI is InChI=1S/C14H15ClFN3O3/c15-10-1-2-11-17-12(13(16)19(11)6-10)14(21)18-3-4-22-8-9(5-18)7-20/h1-2,6,9,20H,3-5,7-8H2/t9-/m0/s1. The molecular weight excluding hydrogens is 313 g/mol. The van der Waals surface area contributed by atoms with Gasteiger partial charge in [0.25, 0.3) is 5.91 Å². The van der Waals surface area contributed by atoms with E-state index in [0.717, 1.165) is 4.40 Å². The van der Waals surface area contributed by atoms with E-state index >= 15 is 0 Å². The second kappa shape index (κ2) is 6.20. The first-order valence-electron chi connectivity index (χ1n) is 6.91. The van der Waals surface area contributed by atoms with Crippen LogP contribution < -0.4 is 0 Å². The Labute approximate surface area is 131 Å². The summed E-state index contributed by atoms with van der Waals surface area (Å²) in [4.78, 5) is 18.0. The molecule has 1 fully saturated rings. The first-order valence-corrected chi connectivity index (χ1v) is 7.29. The van der Waals surface area contributed by atoms with Crippen LogP contribution in [0.1, 0.15) is 10.5 Å². The molecule has 22 heavy (non-hydrogen) atoms. The highest BCUT2D eigenvalue weighted by atomic mass is 35.5. The van der Waals surface area contributed by atoms with Gasteiger partial charge in [-0.3, -0.25) is 9.20 Å². The number of amides is 1. The van der Waals surface area contributed by atoms with Gasteiger partial charge in [-0.1, -0.05) is 11.6 Å². The van der Waals surface area contributed by atoms with Gasteiger partial charge in [0.1, 0.15) is 5.65 Å². The van der Waals surface area contributed by atoms with E-state index in [1.165, 1.54) is 11.1 Å². The highest BCUT2D eigenvalue weighted by Gasteiger charge is 2.27. The molecule has 6 nitrogen and oxygen atoms in total. The maximum absolute atomic E-state index is 14.4. The highest BCUT2D eigenvalue weighted by Crippen LogP contribution is 2.18. The molecule has 0 saturated carbocycles. The smallest absolute Gasteiger partial charge is 0.277 e. The summed E-state index contributed by atoms with van der Waals surface area (Å²) >= 11 is 5.83. The van der Waals surface area contributed by atoms with Crippen LogP contribution in [0.15, 0.2) is 18.3 Å². The van der Waals surface area contributed by atoms with E-state index in [4.69, 9.17) is 16.3 Å². The summed E-state index contributed by atoms with van der Waals surface area (Å²) < 4.78 is 20.9. The van der Waals surface area contributed by atoms with Crippen LogP contribution in [0.4, 0.5) is 4.39 Å². The van der Waals surface area contributed by atoms with Gasteiger partial charge in [-0.05, 0) is 12.1 Å². The maximum Gasteiger partial charge on any atom is 0.277 e. The molecule has 0 radical (unpaired) electrons. The largest absolute Gasteiger partial charge is 0.396 e.